The quantitative estimate of drug-likeness (QED) is 0.550. The van der Waals surface area contributed by atoms with Crippen molar-refractivity contribution in [2.45, 2.75) is 23.6 Å². The molecule has 0 atom stereocenters. The van der Waals surface area contributed by atoms with Crippen LogP contribution in [0.15, 0.2) is 58.3 Å². The van der Waals surface area contributed by atoms with Crippen molar-refractivity contribution in [2.75, 3.05) is 38.5 Å². The second-order valence-electron chi connectivity index (χ2n) is 7.15. The fraction of sp³-hybridized carbons (Fsp3) is 0.381. The van der Waals surface area contributed by atoms with Gasteiger partial charge in [-0.3, -0.25) is 4.79 Å². The third-order valence-corrected chi connectivity index (χ3v) is 8.00. The number of thioether (sulfide) groups is 1. The Balaban J connectivity index is 1.49. The Kier molecular flexibility index (Phi) is 6.93. The molecular formula is C21H27N2O3S2+. The van der Waals surface area contributed by atoms with Gasteiger partial charge in [0.05, 0.1) is 37.6 Å². The number of nitrogens with zero attached hydrogens (tertiary/aromatic N) is 1. The Morgan fingerprint density at radius 1 is 1.04 bits per heavy atom. The first-order chi connectivity index (χ1) is 13.4. The highest BCUT2D eigenvalue weighted by molar-refractivity contribution is 7.99. The third kappa shape index (κ3) is 5.23. The molecule has 0 saturated carbocycles. The zero-order valence-corrected chi connectivity index (χ0v) is 18.0. The van der Waals surface area contributed by atoms with E-state index in [0.29, 0.717) is 18.7 Å². The Bertz CT molecular complexity index is 902. The number of piperazine rings is 1. The van der Waals surface area contributed by atoms with Crippen LogP contribution in [-0.4, -0.2) is 57.0 Å². The number of nitrogens with one attached hydrogen (secondary N) is 1. The molecule has 0 radical (unpaired) electrons. The molecule has 0 aliphatic carbocycles. The van der Waals surface area contributed by atoms with E-state index in [-0.39, 0.29) is 10.7 Å². The standard InChI is InChI=1S/C21H26N2O3S2/c1-17-3-7-20(8-4-17)27-16-15-22-11-13-23(14-12-22)28(25,26)21-9-5-19(6-10-21)18(2)24/h3-10H,11-16H2,1-2H3/p+1. The number of Topliss-reactive ketones (excluding diaryl/α,β-unsaturated/α-hetero) is 1. The van der Waals surface area contributed by atoms with E-state index in [1.807, 2.05) is 11.8 Å². The van der Waals surface area contributed by atoms with Crippen molar-refractivity contribution in [2.24, 2.45) is 0 Å². The summed E-state index contributed by atoms with van der Waals surface area (Å²) in [6.07, 6.45) is 0. The minimum atomic E-state index is -3.49. The van der Waals surface area contributed by atoms with Gasteiger partial charge in [-0.25, -0.2) is 8.42 Å². The molecule has 7 heteroatoms. The number of carbonyl (C=O) groups is 1. The van der Waals surface area contributed by atoms with E-state index in [2.05, 4.69) is 31.2 Å². The monoisotopic (exact) mass is 419 g/mol. The summed E-state index contributed by atoms with van der Waals surface area (Å²) in [6.45, 7) is 7.28. The zero-order chi connectivity index (χ0) is 20.1. The second-order valence-corrected chi connectivity index (χ2v) is 10.3. The molecule has 1 heterocycles. The van der Waals surface area contributed by atoms with Gasteiger partial charge in [0, 0.05) is 16.2 Å². The van der Waals surface area contributed by atoms with Gasteiger partial charge in [0.2, 0.25) is 10.0 Å². The van der Waals surface area contributed by atoms with E-state index in [9.17, 15) is 13.2 Å². The number of hydrogen-bond donors (Lipinski definition) is 1. The first kappa shape index (κ1) is 21.0. The van der Waals surface area contributed by atoms with Crippen molar-refractivity contribution < 1.29 is 18.1 Å². The van der Waals surface area contributed by atoms with Gasteiger partial charge in [0.25, 0.3) is 0 Å². The van der Waals surface area contributed by atoms with Gasteiger partial charge in [-0.2, -0.15) is 4.31 Å². The molecule has 1 fully saturated rings. The molecule has 0 spiro atoms. The van der Waals surface area contributed by atoms with Crippen LogP contribution >= 0.6 is 11.8 Å². The van der Waals surface area contributed by atoms with E-state index in [4.69, 9.17) is 0 Å². The molecule has 0 bridgehead atoms. The van der Waals surface area contributed by atoms with Gasteiger partial charge in [0.15, 0.2) is 5.78 Å². The Morgan fingerprint density at radius 3 is 2.21 bits per heavy atom. The van der Waals surface area contributed by atoms with Gasteiger partial charge in [-0.15, -0.1) is 11.8 Å². The molecule has 1 aliphatic heterocycles. The maximum Gasteiger partial charge on any atom is 0.243 e. The lowest BCUT2D eigenvalue weighted by molar-refractivity contribution is -0.901. The molecular weight excluding hydrogens is 392 g/mol. The molecule has 0 aromatic heterocycles. The molecule has 3 rings (SSSR count). The summed E-state index contributed by atoms with van der Waals surface area (Å²) in [7, 11) is -3.49. The fourth-order valence-corrected chi connectivity index (χ4v) is 5.65. The summed E-state index contributed by atoms with van der Waals surface area (Å²) >= 11 is 1.85. The normalized spacial score (nSPS) is 16.2. The van der Waals surface area contributed by atoms with Crippen molar-refractivity contribution in [1.29, 1.82) is 0 Å². The predicted molar refractivity (Wildman–Crippen MR) is 113 cm³/mol. The Morgan fingerprint density at radius 2 is 1.64 bits per heavy atom. The van der Waals surface area contributed by atoms with Crippen LogP contribution in [0, 0.1) is 6.92 Å². The molecule has 5 nitrogen and oxygen atoms in total. The summed E-state index contributed by atoms with van der Waals surface area (Å²) in [5, 5.41) is 0. The van der Waals surface area contributed by atoms with Gasteiger partial charge >= 0.3 is 0 Å². The van der Waals surface area contributed by atoms with E-state index in [0.717, 1.165) is 25.4 Å². The lowest BCUT2D eigenvalue weighted by Crippen LogP contribution is -3.15. The average molecular weight is 420 g/mol. The predicted octanol–water partition coefficient (Wildman–Crippen LogP) is 1.88. The molecule has 1 aliphatic rings. The van der Waals surface area contributed by atoms with Crippen LogP contribution in [0.25, 0.3) is 0 Å². The van der Waals surface area contributed by atoms with Crippen LogP contribution in [0.3, 0.4) is 0 Å². The molecule has 2 aromatic rings. The SMILES string of the molecule is CC(=O)c1ccc(S(=O)(=O)N2CC[NH+](CCSc3ccc(C)cc3)CC2)cc1. The second kappa shape index (κ2) is 9.22. The highest BCUT2D eigenvalue weighted by atomic mass is 32.2. The zero-order valence-electron chi connectivity index (χ0n) is 16.3. The summed E-state index contributed by atoms with van der Waals surface area (Å²) in [5.74, 6) is 0.960. The van der Waals surface area contributed by atoms with Crippen LogP contribution < -0.4 is 4.90 Å². The van der Waals surface area contributed by atoms with E-state index in [1.54, 1.807) is 16.4 Å². The van der Waals surface area contributed by atoms with Gasteiger partial charge in [-0.1, -0.05) is 29.8 Å². The minimum Gasteiger partial charge on any atom is -0.332 e. The average Bonchev–Trinajstić information content (AvgIpc) is 2.70. The van der Waals surface area contributed by atoms with Gasteiger partial charge in [-0.05, 0) is 38.1 Å². The molecule has 0 amide bonds. The highest BCUT2D eigenvalue weighted by Gasteiger charge is 2.30. The van der Waals surface area contributed by atoms with Crippen LogP contribution in [0.5, 0.6) is 0 Å². The number of aryl methyl sites for hydroxylation is 1. The van der Waals surface area contributed by atoms with E-state index in [1.165, 1.54) is 34.4 Å². The summed E-state index contributed by atoms with van der Waals surface area (Å²) in [4.78, 5) is 14.4. The summed E-state index contributed by atoms with van der Waals surface area (Å²) in [6, 6.07) is 14.8. The van der Waals surface area contributed by atoms with Crippen molar-refractivity contribution in [3.8, 4) is 0 Å². The molecule has 1 N–H and O–H groups in total. The van der Waals surface area contributed by atoms with Crippen LogP contribution in [0.4, 0.5) is 0 Å². The molecule has 28 heavy (non-hydrogen) atoms. The van der Waals surface area contributed by atoms with Crippen LogP contribution in [0.1, 0.15) is 22.8 Å². The maximum atomic E-state index is 12.8. The van der Waals surface area contributed by atoms with Gasteiger partial charge in [0.1, 0.15) is 0 Å². The number of hydrogen-bond acceptors (Lipinski definition) is 4. The number of ketones is 1. The fourth-order valence-electron chi connectivity index (χ4n) is 3.25. The number of rotatable bonds is 7. The largest absolute Gasteiger partial charge is 0.332 e. The molecule has 150 valence electrons. The number of carbonyl (C=O) groups excluding carboxylic acids is 1. The lowest BCUT2D eigenvalue weighted by atomic mass is 10.2. The van der Waals surface area contributed by atoms with Gasteiger partial charge < -0.3 is 4.90 Å². The number of quaternary nitrogens is 1. The van der Waals surface area contributed by atoms with Crippen molar-refractivity contribution in [1.82, 2.24) is 4.31 Å². The van der Waals surface area contributed by atoms with Crippen molar-refractivity contribution in [3.63, 3.8) is 0 Å². The van der Waals surface area contributed by atoms with E-state index < -0.39 is 10.0 Å². The highest BCUT2D eigenvalue weighted by Crippen LogP contribution is 2.18. The van der Waals surface area contributed by atoms with Crippen molar-refractivity contribution in [3.05, 3.63) is 59.7 Å². The van der Waals surface area contributed by atoms with Crippen LogP contribution in [-0.2, 0) is 10.0 Å². The van der Waals surface area contributed by atoms with E-state index >= 15 is 0 Å². The third-order valence-electron chi connectivity index (χ3n) is 5.07. The lowest BCUT2D eigenvalue weighted by Gasteiger charge is -2.31. The van der Waals surface area contributed by atoms with Crippen LogP contribution in [0.2, 0.25) is 0 Å². The Hall–Kier alpha value is -1.67. The topological polar surface area (TPSA) is 58.9 Å². The smallest absolute Gasteiger partial charge is 0.243 e. The first-order valence-corrected chi connectivity index (χ1v) is 11.9. The minimum absolute atomic E-state index is 0.0651. The number of sulfonamides is 1. The first-order valence-electron chi connectivity index (χ1n) is 9.50. The molecule has 1 saturated heterocycles. The summed E-state index contributed by atoms with van der Waals surface area (Å²) < 4.78 is 27.2. The molecule has 2 aromatic carbocycles. The Labute approximate surface area is 171 Å². The number of benzene rings is 2. The van der Waals surface area contributed by atoms with Crippen molar-refractivity contribution >= 4 is 27.6 Å². The maximum absolute atomic E-state index is 12.8. The summed E-state index contributed by atoms with van der Waals surface area (Å²) in [5.41, 5.74) is 1.79. The molecule has 0 unspecified atom stereocenters.